The van der Waals surface area contributed by atoms with E-state index in [0.29, 0.717) is 0 Å². The summed E-state index contributed by atoms with van der Waals surface area (Å²) in [6, 6.07) is 0. The Kier molecular flexibility index (Phi) is 4.87. The molecule has 0 radical (unpaired) electrons. The van der Waals surface area contributed by atoms with Crippen LogP contribution in [0.5, 0.6) is 0 Å². The monoisotopic (exact) mass is 189 g/mol. The predicted molar refractivity (Wildman–Crippen MR) is 55.9 cm³/mol. The summed E-state index contributed by atoms with van der Waals surface area (Å²) in [5.74, 6) is 0. The zero-order valence-electron chi connectivity index (χ0n) is 8.68. The molecule has 0 aromatic carbocycles. The van der Waals surface area contributed by atoms with Gasteiger partial charge >= 0.3 is 0 Å². The molecule has 2 nitrogen and oxygen atoms in total. The van der Waals surface area contributed by atoms with E-state index < -0.39 is 11.4 Å². The molecule has 0 aliphatic carbocycles. The molecule has 12 heavy (non-hydrogen) atoms. The third-order valence-electron chi connectivity index (χ3n) is 1.55. The largest absolute Gasteiger partial charge is 0.591 e. The van der Waals surface area contributed by atoms with E-state index in [0.717, 1.165) is 18.6 Å². The van der Waals surface area contributed by atoms with Crippen LogP contribution in [0, 0.1) is 0 Å². The van der Waals surface area contributed by atoms with Crippen molar-refractivity contribution in [1.29, 1.82) is 0 Å². The van der Waals surface area contributed by atoms with Gasteiger partial charge in [-0.2, -0.15) is 0 Å². The normalized spacial score (nSPS) is 14.2. The highest BCUT2D eigenvalue weighted by atomic mass is 32.2. The van der Waals surface area contributed by atoms with Crippen LogP contribution < -0.4 is 0 Å². The van der Waals surface area contributed by atoms with Gasteiger partial charge in [-0.1, -0.05) is 18.2 Å². The predicted octanol–water partition coefficient (Wildman–Crippen LogP) is 2.71. The summed E-state index contributed by atoms with van der Waals surface area (Å²) < 4.78 is 15.5. The number of hydrogen-bond donors (Lipinski definition) is 0. The standard InChI is InChI=1S/C9H19NOS/c1-6-8(7-2)10-12(11)9(3,4)5/h6-7H2,1-5H3. The lowest BCUT2D eigenvalue weighted by Gasteiger charge is -2.18. The van der Waals surface area contributed by atoms with Crippen molar-refractivity contribution in [2.45, 2.75) is 52.2 Å². The topological polar surface area (TPSA) is 35.4 Å². The van der Waals surface area contributed by atoms with Crippen LogP contribution in [0.15, 0.2) is 4.40 Å². The van der Waals surface area contributed by atoms with Gasteiger partial charge in [0.2, 0.25) is 0 Å². The molecule has 0 fully saturated rings. The Morgan fingerprint density at radius 2 is 1.67 bits per heavy atom. The van der Waals surface area contributed by atoms with E-state index in [1.54, 1.807) is 0 Å². The molecule has 0 spiro atoms. The minimum Gasteiger partial charge on any atom is -0.591 e. The van der Waals surface area contributed by atoms with Gasteiger partial charge in [-0.3, -0.25) is 0 Å². The number of nitrogens with zero attached hydrogens (tertiary/aromatic N) is 1. The van der Waals surface area contributed by atoms with Crippen molar-refractivity contribution < 1.29 is 4.55 Å². The zero-order chi connectivity index (χ0) is 9.78. The molecule has 0 aliphatic heterocycles. The molecule has 0 aromatic heterocycles. The molecule has 1 atom stereocenters. The van der Waals surface area contributed by atoms with E-state index in [-0.39, 0.29) is 4.75 Å². The van der Waals surface area contributed by atoms with Gasteiger partial charge in [0.05, 0.1) is 5.71 Å². The first-order valence-corrected chi connectivity index (χ1v) is 5.51. The van der Waals surface area contributed by atoms with Crippen LogP contribution in [0.25, 0.3) is 0 Å². The third-order valence-corrected chi connectivity index (χ3v) is 3.02. The highest BCUT2D eigenvalue weighted by Crippen LogP contribution is 2.17. The molecule has 0 rings (SSSR count). The smallest absolute Gasteiger partial charge is 0.144 e. The first kappa shape index (κ1) is 12.0. The van der Waals surface area contributed by atoms with Crippen LogP contribution in [0.2, 0.25) is 0 Å². The quantitative estimate of drug-likeness (QED) is 0.496. The van der Waals surface area contributed by atoms with E-state index >= 15 is 0 Å². The fourth-order valence-electron chi connectivity index (χ4n) is 0.633. The average molecular weight is 189 g/mol. The lowest BCUT2D eigenvalue weighted by Crippen LogP contribution is -2.26. The number of rotatable bonds is 3. The molecule has 0 saturated heterocycles. The molecule has 0 aromatic rings. The lowest BCUT2D eigenvalue weighted by atomic mass is 10.2. The molecule has 0 N–H and O–H groups in total. The highest BCUT2D eigenvalue weighted by Gasteiger charge is 2.26. The van der Waals surface area contributed by atoms with Crippen molar-refractivity contribution in [3.05, 3.63) is 0 Å². The van der Waals surface area contributed by atoms with Crippen LogP contribution >= 0.6 is 0 Å². The molecule has 0 aliphatic rings. The minimum atomic E-state index is -1.08. The Balaban J connectivity index is 4.30. The summed E-state index contributed by atoms with van der Waals surface area (Å²) in [5, 5.41) is 0. The van der Waals surface area contributed by atoms with E-state index in [1.807, 2.05) is 34.6 Å². The Morgan fingerprint density at radius 1 is 1.25 bits per heavy atom. The van der Waals surface area contributed by atoms with Crippen LogP contribution in [0.4, 0.5) is 0 Å². The van der Waals surface area contributed by atoms with Gasteiger partial charge in [-0.25, -0.2) is 0 Å². The summed E-state index contributed by atoms with van der Waals surface area (Å²) in [6.45, 7) is 9.91. The molecular weight excluding hydrogens is 170 g/mol. The fraction of sp³-hybridized carbons (Fsp3) is 0.889. The van der Waals surface area contributed by atoms with Crippen LogP contribution in [0.3, 0.4) is 0 Å². The molecule has 1 unspecified atom stereocenters. The Hall–Kier alpha value is -0.0200. The second-order valence-electron chi connectivity index (χ2n) is 3.73. The second-order valence-corrected chi connectivity index (χ2v) is 5.63. The molecule has 0 saturated carbocycles. The number of hydrogen-bond acceptors (Lipinski definition) is 2. The van der Waals surface area contributed by atoms with E-state index in [9.17, 15) is 4.55 Å². The maximum atomic E-state index is 11.5. The molecule has 0 heterocycles. The van der Waals surface area contributed by atoms with Crippen LogP contribution in [0.1, 0.15) is 47.5 Å². The average Bonchev–Trinajstić information content (AvgIpc) is 1.97. The van der Waals surface area contributed by atoms with Gasteiger partial charge in [0, 0.05) is 0 Å². The Morgan fingerprint density at radius 3 is 1.92 bits per heavy atom. The van der Waals surface area contributed by atoms with Crippen LogP contribution in [-0.2, 0) is 11.4 Å². The SMILES string of the molecule is CCC(CC)=N[S+]([O-])C(C)(C)C. The Bertz CT molecular complexity index is 154. The first-order chi connectivity index (χ1) is 5.41. The van der Waals surface area contributed by atoms with Gasteiger partial charge in [0.1, 0.15) is 16.1 Å². The van der Waals surface area contributed by atoms with Crippen molar-refractivity contribution in [3.63, 3.8) is 0 Å². The summed E-state index contributed by atoms with van der Waals surface area (Å²) >= 11 is -1.08. The van der Waals surface area contributed by atoms with E-state index in [2.05, 4.69) is 4.40 Å². The van der Waals surface area contributed by atoms with Gasteiger partial charge in [0.25, 0.3) is 0 Å². The summed E-state index contributed by atoms with van der Waals surface area (Å²) in [5.41, 5.74) is 1.04. The molecule has 3 heteroatoms. The summed E-state index contributed by atoms with van der Waals surface area (Å²) in [6.07, 6.45) is 1.80. The zero-order valence-corrected chi connectivity index (χ0v) is 9.49. The van der Waals surface area contributed by atoms with Gasteiger partial charge < -0.3 is 4.55 Å². The molecule has 0 amide bonds. The van der Waals surface area contributed by atoms with Gasteiger partial charge in [0.15, 0.2) is 0 Å². The molecule has 0 bridgehead atoms. The van der Waals surface area contributed by atoms with Gasteiger partial charge in [-0.15, -0.1) is 0 Å². The fourth-order valence-corrected chi connectivity index (χ4v) is 1.40. The highest BCUT2D eigenvalue weighted by molar-refractivity contribution is 7.91. The summed E-state index contributed by atoms with van der Waals surface area (Å²) in [4.78, 5) is 0. The maximum absolute atomic E-state index is 11.5. The van der Waals surface area contributed by atoms with Crippen molar-refractivity contribution in [3.8, 4) is 0 Å². The Labute approximate surface area is 78.8 Å². The van der Waals surface area contributed by atoms with Crippen molar-refractivity contribution in [2.24, 2.45) is 4.40 Å². The van der Waals surface area contributed by atoms with Gasteiger partial charge in [-0.05, 0) is 33.6 Å². The van der Waals surface area contributed by atoms with Crippen LogP contribution in [-0.4, -0.2) is 15.0 Å². The lowest BCUT2D eigenvalue weighted by molar-refractivity contribution is 0.561. The molecular formula is C9H19NOS. The third kappa shape index (κ3) is 4.12. The van der Waals surface area contributed by atoms with E-state index in [4.69, 9.17) is 0 Å². The van der Waals surface area contributed by atoms with E-state index in [1.165, 1.54) is 0 Å². The first-order valence-electron chi connectivity index (χ1n) is 4.40. The second kappa shape index (κ2) is 4.87. The summed E-state index contributed by atoms with van der Waals surface area (Å²) in [7, 11) is 0. The van der Waals surface area contributed by atoms with Crippen molar-refractivity contribution >= 4 is 17.1 Å². The maximum Gasteiger partial charge on any atom is 0.144 e. The van der Waals surface area contributed by atoms with Crippen molar-refractivity contribution in [1.82, 2.24) is 0 Å². The van der Waals surface area contributed by atoms with Crippen molar-refractivity contribution in [2.75, 3.05) is 0 Å². The minimum absolute atomic E-state index is 0.227. The molecule has 72 valence electrons.